The first kappa shape index (κ1) is 17.0. The Morgan fingerprint density at radius 1 is 1.00 bits per heavy atom. The van der Waals surface area contributed by atoms with E-state index in [0.29, 0.717) is 12.2 Å². The van der Waals surface area contributed by atoms with E-state index in [0.717, 1.165) is 17.5 Å². The summed E-state index contributed by atoms with van der Waals surface area (Å²) < 4.78 is 0. The molecule has 0 unspecified atom stereocenters. The summed E-state index contributed by atoms with van der Waals surface area (Å²) in [6, 6.07) is 13.9. The monoisotopic (exact) mass is 339 g/mol. The Morgan fingerprint density at radius 2 is 1.56 bits per heavy atom. The molecule has 2 aromatic carbocycles. The number of amides is 1. The van der Waals surface area contributed by atoms with E-state index < -0.39 is 0 Å². The number of benzene rings is 2. The number of rotatable bonds is 4. The van der Waals surface area contributed by atoms with Gasteiger partial charge in [0.25, 0.3) is 0 Å². The molecule has 1 fully saturated rings. The lowest BCUT2D eigenvalue weighted by Crippen LogP contribution is -2.92. The first-order chi connectivity index (χ1) is 11.8. The predicted molar refractivity (Wildman–Crippen MR) is 95.6 cm³/mol. The van der Waals surface area contributed by atoms with E-state index in [1.54, 1.807) is 36.4 Å². The Morgan fingerprint density at radius 3 is 2.16 bits per heavy atom. The number of hydrogen-bond acceptors (Lipinski definition) is 3. The molecule has 5 heteroatoms. The van der Waals surface area contributed by atoms with Crippen LogP contribution >= 0.6 is 0 Å². The van der Waals surface area contributed by atoms with Gasteiger partial charge in [0.2, 0.25) is 0 Å². The lowest BCUT2D eigenvalue weighted by atomic mass is 10.1. The Balaban J connectivity index is 1.74. The number of phenolic OH excluding ortho intramolecular Hbond substituents is 2. The van der Waals surface area contributed by atoms with Gasteiger partial charge in [-0.3, -0.25) is 15.0 Å². The van der Waals surface area contributed by atoms with Crippen molar-refractivity contribution in [2.45, 2.75) is 25.9 Å². The molecule has 0 radical (unpaired) electrons. The van der Waals surface area contributed by atoms with E-state index in [-0.39, 0.29) is 23.1 Å². The molecule has 5 nitrogen and oxygen atoms in total. The van der Waals surface area contributed by atoms with Crippen molar-refractivity contribution in [1.29, 1.82) is 0 Å². The lowest BCUT2D eigenvalue weighted by Gasteiger charge is -2.26. The Hall–Kier alpha value is -2.79. The highest BCUT2D eigenvalue weighted by molar-refractivity contribution is 5.96. The van der Waals surface area contributed by atoms with E-state index in [4.69, 9.17) is 0 Å². The summed E-state index contributed by atoms with van der Waals surface area (Å²) in [7, 11) is 0. The van der Waals surface area contributed by atoms with Crippen LogP contribution in [0.3, 0.4) is 0 Å². The third-order valence-electron chi connectivity index (χ3n) is 4.47. The van der Waals surface area contributed by atoms with Gasteiger partial charge in [0.05, 0.1) is 0 Å². The lowest BCUT2D eigenvalue weighted by molar-refractivity contribution is -0.675. The van der Waals surface area contributed by atoms with Gasteiger partial charge in [-0.15, -0.1) is 0 Å². The maximum Gasteiger partial charge on any atom is 0.312 e. The Bertz CT molecular complexity index is 793. The summed E-state index contributed by atoms with van der Waals surface area (Å²) >= 11 is 0. The molecule has 0 bridgehead atoms. The quantitative estimate of drug-likeness (QED) is 0.744. The van der Waals surface area contributed by atoms with Gasteiger partial charge >= 0.3 is 5.91 Å². The number of nitrogens with two attached hydrogens (primary N) is 1. The SMILES string of the molecule is CC1(C)[NH2+]/C(=C/c2ccc(O)cc2)C(=O)N1CCc1ccc(O)cc1. The van der Waals surface area contributed by atoms with E-state index in [9.17, 15) is 15.0 Å². The molecule has 0 aromatic heterocycles. The second-order valence-corrected chi connectivity index (χ2v) is 6.86. The van der Waals surface area contributed by atoms with E-state index in [1.165, 1.54) is 0 Å². The van der Waals surface area contributed by atoms with Crippen LogP contribution in [0.15, 0.2) is 54.2 Å². The Kier molecular flexibility index (Phi) is 4.51. The largest absolute Gasteiger partial charge is 0.508 e. The van der Waals surface area contributed by atoms with Gasteiger partial charge < -0.3 is 10.2 Å². The third kappa shape index (κ3) is 3.83. The highest BCUT2D eigenvalue weighted by atomic mass is 16.3. The molecule has 0 atom stereocenters. The van der Waals surface area contributed by atoms with Crippen LogP contribution in [0.4, 0.5) is 0 Å². The summed E-state index contributed by atoms with van der Waals surface area (Å²) in [5.41, 5.74) is 2.28. The van der Waals surface area contributed by atoms with Crippen LogP contribution in [0.1, 0.15) is 25.0 Å². The van der Waals surface area contributed by atoms with Crippen LogP contribution in [0.5, 0.6) is 11.5 Å². The van der Waals surface area contributed by atoms with Crippen molar-refractivity contribution in [2.24, 2.45) is 0 Å². The van der Waals surface area contributed by atoms with Crippen LogP contribution in [0.25, 0.3) is 6.08 Å². The minimum atomic E-state index is -0.350. The molecule has 1 amide bonds. The van der Waals surface area contributed by atoms with E-state index >= 15 is 0 Å². The second kappa shape index (κ2) is 6.61. The number of nitrogens with zero attached hydrogens (tertiary/aromatic N) is 1. The van der Waals surface area contributed by atoms with Gasteiger partial charge in [0.15, 0.2) is 11.4 Å². The topological polar surface area (TPSA) is 77.4 Å². The molecule has 0 saturated carbocycles. The maximum atomic E-state index is 12.8. The zero-order chi connectivity index (χ0) is 18.0. The fraction of sp³-hybridized carbons (Fsp3) is 0.250. The van der Waals surface area contributed by atoms with Crippen LogP contribution in [-0.4, -0.2) is 33.2 Å². The molecular formula is C20H23N2O3+. The maximum absolute atomic E-state index is 12.8. The van der Waals surface area contributed by atoms with Crippen LogP contribution < -0.4 is 5.32 Å². The van der Waals surface area contributed by atoms with Crippen LogP contribution in [0, 0.1) is 0 Å². The number of carbonyl (C=O) groups excluding carboxylic acids is 1. The van der Waals surface area contributed by atoms with Crippen molar-refractivity contribution < 1.29 is 20.3 Å². The van der Waals surface area contributed by atoms with Crippen LogP contribution in [-0.2, 0) is 11.2 Å². The Labute approximate surface area is 147 Å². The molecule has 1 aliphatic heterocycles. The van der Waals surface area contributed by atoms with Gasteiger partial charge in [0.1, 0.15) is 11.5 Å². The first-order valence-corrected chi connectivity index (χ1v) is 8.32. The fourth-order valence-electron chi connectivity index (χ4n) is 3.08. The molecule has 3 rings (SSSR count). The summed E-state index contributed by atoms with van der Waals surface area (Å²) in [5, 5.41) is 20.7. The molecule has 1 saturated heterocycles. The number of aromatic hydroxyl groups is 2. The first-order valence-electron chi connectivity index (χ1n) is 8.32. The van der Waals surface area contributed by atoms with Gasteiger partial charge in [-0.25, -0.2) is 0 Å². The molecule has 0 spiro atoms. The van der Waals surface area contributed by atoms with E-state index in [1.807, 2.05) is 42.3 Å². The average Bonchev–Trinajstić information content (AvgIpc) is 2.78. The number of phenols is 2. The molecule has 0 aliphatic carbocycles. The molecule has 1 heterocycles. The predicted octanol–water partition coefficient (Wildman–Crippen LogP) is 1.82. The number of carbonyl (C=O) groups is 1. The van der Waals surface area contributed by atoms with Crippen molar-refractivity contribution in [3.05, 3.63) is 65.4 Å². The molecular weight excluding hydrogens is 316 g/mol. The normalized spacial score (nSPS) is 18.1. The molecule has 1 aliphatic rings. The molecule has 130 valence electrons. The summed E-state index contributed by atoms with van der Waals surface area (Å²) in [5.74, 6) is 0.463. The van der Waals surface area contributed by atoms with Gasteiger partial charge in [0, 0.05) is 26.5 Å². The zero-order valence-corrected chi connectivity index (χ0v) is 14.4. The van der Waals surface area contributed by atoms with E-state index in [2.05, 4.69) is 0 Å². The summed E-state index contributed by atoms with van der Waals surface area (Å²) in [4.78, 5) is 14.7. The van der Waals surface area contributed by atoms with Crippen molar-refractivity contribution in [1.82, 2.24) is 4.90 Å². The molecule has 2 aromatic rings. The fourth-order valence-corrected chi connectivity index (χ4v) is 3.08. The second-order valence-electron chi connectivity index (χ2n) is 6.86. The average molecular weight is 339 g/mol. The van der Waals surface area contributed by atoms with Crippen molar-refractivity contribution >= 4 is 12.0 Å². The zero-order valence-electron chi connectivity index (χ0n) is 14.4. The minimum Gasteiger partial charge on any atom is -0.508 e. The molecule has 4 N–H and O–H groups in total. The standard InChI is InChI=1S/C20H22N2O3/c1-20(2)21-18(13-15-5-9-17(24)10-6-15)19(25)22(20)12-11-14-3-7-16(23)8-4-14/h3-10,13,21,23-24H,11-12H2,1-2H3/p+1/b18-13+. The smallest absolute Gasteiger partial charge is 0.312 e. The third-order valence-corrected chi connectivity index (χ3v) is 4.47. The number of quaternary nitrogens is 1. The molecule has 25 heavy (non-hydrogen) atoms. The van der Waals surface area contributed by atoms with Crippen molar-refractivity contribution in [3.63, 3.8) is 0 Å². The van der Waals surface area contributed by atoms with Gasteiger partial charge in [-0.05, 0) is 41.8 Å². The highest BCUT2D eigenvalue weighted by Gasteiger charge is 2.45. The summed E-state index contributed by atoms with van der Waals surface area (Å²) in [6.07, 6.45) is 2.58. The highest BCUT2D eigenvalue weighted by Crippen LogP contribution is 2.20. The summed E-state index contributed by atoms with van der Waals surface area (Å²) in [6.45, 7) is 4.67. The number of hydrogen-bond donors (Lipinski definition) is 3. The van der Waals surface area contributed by atoms with Crippen molar-refractivity contribution in [3.8, 4) is 11.5 Å². The van der Waals surface area contributed by atoms with Gasteiger partial charge in [-0.2, -0.15) is 0 Å². The van der Waals surface area contributed by atoms with Crippen LogP contribution in [0.2, 0.25) is 0 Å². The minimum absolute atomic E-state index is 0.0110. The van der Waals surface area contributed by atoms with Gasteiger partial charge in [-0.1, -0.05) is 24.3 Å². The van der Waals surface area contributed by atoms with Crippen molar-refractivity contribution in [2.75, 3.05) is 6.54 Å².